The smallest absolute Gasteiger partial charge is 0.271 e. The molecule has 0 aliphatic rings. The fourth-order valence-corrected chi connectivity index (χ4v) is 2.78. The summed E-state index contributed by atoms with van der Waals surface area (Å²) in [4.78, 5) is 22.6. The Morgan fingerprint density at radius 2 is 1.85 bits per heavy atom. The highest BCUT2D eigenvalue weighted by Crippen LogP contribution is 2.27. The van der Waals surface area contributed by atoms with E-state index in [0.717, 1.165) is 28.4 Å². The summed E-state index contributed by atoms with van der Waals surface area (Å²) in [5.41, 5.74) is 3.50. The number of halogens is 1. The zero-order chi connectivity index (χ0) is 20.1. The fourth-order valence-electron chi connectivity index (χ4n) is 2.61. The zero-order valence-electron chi connectivity index (χ0n) is 15.0. The molecule has 2 aromatic rings. The van der Waals surface area contributed by atoms with Crippen LogP contribution in [0.5, 0.6) is 0 Å². The summed E-state index contributed by atoms with van der Waals surface area (Å²) in [5, 5.41) is 25.7. The third-order valence-corrected chi connectivity index (χ3v) is 4.14. The average Bonchev–Trinajstić information content (AvgIpc) is 2.58. The average molecular weight is 385 g/mol. The van der Waals surface area contributed by atoms with E-state index in [9.17, 15) is 20.2 Å². The van der Waals surface area contributed by atoms with Gasteiger partial charge in [-0.05, 0) is 38.0 Å². The van der Waals surface area contributed by atoms with E-state index in [2.05, 4.69) is 10.6 Å². The maximum absolute atomic E-state index is 12.4. The molecular formula is C19H17ClN4O3. The molecule has 7 nitrogen and oxygen atoms in total. The lowest BCUT2D eigenvalue weighted by Crippen LogP contribution is -2.15. The van der Waals surface area contributed by atoms with Gasteiger partial charge in [0.2, 0.25) is 0 Å². The number of nitro benzene ring substituents is 1. The Balaban J connectivity index is 2.24. The lowest BCUT2D eigenvalue weighted by atomic mass is 10.1. The van der Waals surface area contributed by atoms with Gasteiger partial charge in [0.25, 0.3) is 11.6 Å². The largest absolute Gasteiger partial charge is 0.360 e. The number of hydrogen-bond donors (Lipinski definition) is 2. The minimum absolute atomic E-state index is 0.0553. The van der Waals surface area contributed by atoms with Gasteiger partial charge in [0.1, 0.15) is 11.6 Å². The van der Waals surface area contributed by atoms with Crippen molar-refractivity contribution in [3.63, 3.8) is 0 Å². The van der Waals surface area contributed by atoms with Crippen molar-refractivity contribution in [2.24, 2.45) is 0 Å². The second-order valence-corrected chi connectivity index (χ2v) is 6.37. The van der Waals surface area contributed by atoms with E-state index in [-0.39, 0.29) is 22.0 Å². The molecule has 0 spiro atoms. The lowest BCUT2D eigenvalue weighted by Gasteiger charge is -2.11. The Morgan fingerprint density at radius 1 is 1.22 bits per heavy atom. The van der Waals surface area contributed by atoms with Crippen molar-refractivity contribution in [1.82, 2.24) is 0 Å². The number of hydrogen-bond acceptors (Lipinski definition) is 5. The van der Waals surface area contributed by atoms with Crippen LogP contribution in [0.4, 0.5) is 17.1 Å². The number of nitro groups is 1. The van der Waals surface area contributed by atoms with Gasteiger partial charge in [-0.1, -0.05) is 29.3 Å². The Morgan fingerprint density at radius 3 is 2.41 bits per heavy atom. The molecule has 2 rings (SSSR count). The van der Waals surface area contributed by atoms with Crippen LogP contribution in [0.25, 0.3) is 0 Å². The molecule has 1 amide bonds. The summed E-state index contributed by atoms with van der Waals surface area (Å²) in [6.45, 7) is 5.83. The number of nitrogens with one attached hydrogen (secondary N) is 2. The van der Waals surface area contributed by atoms with Crippen LogP contribution in [-0.2, 0) is 4.79 Å². The second kappa shape index (κ2) is 8.34. The summed E-state index contributed by atoms with van der Waals surface area (Å²) < 4.78 is 0. The number of carbonyl (C=O) groups is 1. The van der Waals surface area contributed by atoms with Gasteiger partial charge in [0, 0.05) is 24.0 Å². The molecule has 27 heavy (non-hydrogen) atoms. The Bertz CT molecular complexity index is 970. The van der Waals surface area contributed by atoms with Gasteiger partial charge in [-0.2, -0.15) is 5.26 Å². The molecule has 0 aliphatic heterocycles. The molecule has 8 heteroatoms. The first-order chi connectivity index (χ1) is 12.7. The van der Waals surface area contributed by atoms with E-state index in [1.807, 2.05) is 39.0 Å². The summed E-state index contributed by atoms with van der Waals surface area (Å²) in [7, 11) is 0. The van der Waals surface area contributed by atoms with E-state index in [1.165, 1.54) is 18.3 Å². The summed E-state index contributed by atoms with van der Waals surface area (Å²) in [5.74, 6) is -0.727. The lowest BCUT2D eigenvalue weighted by molar-refractivity contribution is -0.384. The first kappa shape index (κ1) is 19.9. The fraction of sp³-hybridized carbons (Fsp3) is 0.158. The Labute approximate surface area is 161 Å². The van der Waals surface area contributed by atoms with E-state index < -0.39 is 10.8 Å². The van der Waals surface area contributed by atoms with Crippen LogP contribution in [0.15, 0.2) is 42.1 Å². The van der Waals surface area contributed by atoms with Crippen molar-refractivity contribution in [1.29, 1.82) is 5.26 Å². The normalized spacial score (nSPS) is 10.9. The molecule has 0 heterocycles. The summed E-state index contributed by atoms with van der Waals surface area (Å²) in [6.07, 6.45) is 1.30. The van der Waals surface area contributed by atoms with Gasteiger partial charge in [0.05, 0.1) is 15.6 Å². The molecular weight excluding hydrogens is 368 g/mol. The quantitative estimate of drug-likeness (QED) is 0.338. The molecule has 2 N–H and O–H groups in total. The topological polar surface area (TPSA) is 108 Å². The van der Waals surface area contributed by atoms with Gasteiger partial charge in [0.15, 0.2) is 0 Å². The number of nitrogens with zero attached hydrogens (tertiary/aromatic N) is 2. The van der Waals surface area contributed by atoms with Crippen LogP contribution in [-0.4, -0.2) is 10.8 Å². The first-order valence-corrected chi connectivity index (χ1v) is 8.30. The number of carbonyl (C=O) groups excluding carboxylic acids is 1. The van der Waals surface area contributed by atoms with Crippen molar-refractivity contribution >= 4 is 34.6 Å². The summed E-state index contributed by atoms with van der Waals surface area (Å²) >= 11 is 5.97. The predicted molar refractivity (Wildman–Crippen MR) is 105 cm³/mol. The zero-order valence-corrected chi connectivity index (χ0v) is 15.7. The van der Waals surface area contributed by atoms with Crippen LogP contribution < -0.4 is 10.6 Å². The Kier molecular flexibility index (Phi) is 6.16. The number of non-ortho nitro benzene ring substituents is 1. The van der Waals surface area contributed by atoms with Crippen LogP contribution in [0, 0.1) is 42.2 Å². The van der Waals surface area contributed by atoms with Crippen LogP contribution >= 0.6 is 11.6 Å². The Hall–Kier alpha value is -3.37. The molecule has 2 aromatic carbocycles. The highest BCUT2D eigenvalue weighted by molar-refractivity contribution is 6.34. The SMILES string of the molecule is Cc1cc(C)c(N/C=C(/C#N)C(=O)Nc2cc([N+](=O)[O-])ccc2Cl)c(C)c1. The van der Waals surface area contributed by atoms with Gasteiger partial charge in [-0.3, -0.25) is 14.9 Å². The van der Waals surface area contributed by atoms with Crippen molar-refractivity contribution < 1.29 is 9.72 Å². The van der Waals surface area contributed by atoms with E-state index in [0.29, 0.717) is 0 Å². The number of rotatable bonds is 5. The minimum atomic E-state index is -0.727. The molecule has 0 aromatic heterocycles. The molecule has 0 aliphatic carbocycles. The highest BCUT2D eigenvalue weighted by Gasteiger charge is 2.15. The maximum atomic E-state index is 12.4. The number of benzene rings is 2. The molecule has 0 atom stereocenters. The van der Waals surface area contributed by atoms with Crippen LogP contribution in [0.3, 0.4) is 0 Å². The first-order valence-electron chi connectivity index (χ1n) is 7.93. The number of anilines is 2. The van der Waals surface area contributed by atoms with Crippen LogP contribution in [0.1, 0.15) is 16.7 Å². The molecule has 0 fully saturated rings. The van der Waals surface area contributed by atoms with E-state index >= 15 is 0 Å². The van der Waals surface area contributed by atoms with Crippen molar-refractivity contribution in [2.75, 3.05) is 10.6 Å². The second-order valence-electron chi connectivity index (χ2n) is 5.96. The molecule has 138 valence electrons. The van der Waals surface area contributed by atoms with Crippen LogP contribution in [0.2, 0.25) is 5.02 Å². The van der Waals surface area contributed by atoms with Gasteiger partial charge >= 0.3 is 0 Å². The van der Waals surface area contributed by atoms with Crippen molar-refractivity contribution in [3.05, 3.63) is 73.9 Å². The third-order valence-electron chi connectivity index (χ3n) is 3.81. The van der Waals surface area contributed by atoms with Gasteiger partial charge < -0.3 is 10.6 Å². The molecule has 0 bridgehead atoms. The predicted octanol–water partition coefficient (Wildman–Crippen LogP) is 4.63. The van der Waals surface area contributed by atoms with E-state index in [1.54, 1.807) is 0 Å². The van der Waals surface area contributed by atoms with E-state index in [4.69, 9.17) is 11.6 Å². The molecule has 0 unspecified atom stereocenters. The number of aryl methyl sites for hydroxylation is 3. The number of nitriles is 1. The van der Waals surface area contributed by atoms with Gasteiger partial charge in [-0.15, -0.1) is 0 Å². The van der Waals surface area contributed by atoms with Crippen molar-refractivity contribution in [2.45, 2.75) is 20.8 Å². The van der Waals surface area contributed by atoms with Crippen molar-refractivity contribution in [3.8, 4) is 6.07 Å². The third kappa shape index (κ3) is 4.84. The monoisotopic (exact) mass is 384 g/mol. The minimum Gasteiger partial charge on any atom is -0.360 e. The molecule has 0 saturated carbocycles. The standard InChI is InChI=1S/C19H17ClN4O3/c1-11-6-12(2)18(13(3)7-11)22-10-14(9-21)19(25)23-17-8-15(24(26)27)4-5-16(17)20/h4-8,10,22H,1-3H3,(H,23,25)/b14-10-. The molecule has 0 radical (unpaired) electrons. The maximum Gasteiger partial charge on any atom is 0.271 e. The number of amides is 1. The molecule has 0 saturated heterocycles. The summed E-state index contributed by atoms with van der Waals surface area (Å²) in [6, 6.07) is 9.45. The van der Waals surface area contributed by atoms with Gasteiger partial charge in [-0.25, -0.2) is 0 Å². The highest BCUT2D eigenvalue weighted by atomic mass is 35.5.